The molecule has 2 aromatic rings. The standard InChI is InChI=1S/C15H21N3O2/c1-3-6-12(16)10-14-17-15(18-20-14)11-7-5-8-13(9-11)19-4-2/h5,7-9,12H,3-4,6,10,16H2,1-2H3. The summed E-state index contributed by atoms with van der Waals surface area (Å²) in [5.74, 6) is 1.96. The van der Waals surface area contributed by atoms with E-state index in [0.717, 1.165) is 24.2 Å². The van der Waals surface area contributed by atoms with Crippen molar-refractivity contribution in [3.8, 4) is 17.1 Å². The van der Waals surface area contributed by atoms with Crippen LogP contribution in [0.25, 0.3) is 11.4 Å². The van der Waals surface area contributed by atoms with Gasteiger partial charge in [-0.15, -0.1) is 0 Å². The Balaban J connectivity index is 2.10. The van der Waals surface area contributed by atoms with Gasteiger partial charge in [-0.05, 0) is 25.5 Å². The first-order valence-corrected chi connectivity index (χ1v) is 7.04. The van der Waals surface area contributed by atoms with Gasteiger partial charge in [0.05, 0.1) is 6.61 Å². The van der Waals surface area contributed by atoms with E-state index < -0.39 is 0 Å². The molecule has 0 aliphatic heterocycles. The first-order chi connectivity index (χ1) is 9.72. The van der Waals surface area contributed by atoms with Crippen LogP contribution in [-0.2, 0) is 6.42 Å². The van der Waals surface area contributed by atoms with Crippen LogP contribution in [0.4, 0.5) is 0 Å². The number of rotatable bonds is 7. The summed E-state index contributed by atoms with van der Waals surface area (Å²) >= 11 is 0. The second kappa shape index (κ2) is 7.05. The molecule has 1 unspecified atom stereocenters. The molecule has 0 fully saturated rings. The Hall–Kier alpha value is -1.88. The molecule has 0 saturated heterocycles. The number of ether oxygens (including phenoxy) is 1. The maximum Gasteiger partial charge on any atom is 0.228 e. The summed E-state index contributed by atoms with van der Waals surface area (Å²) in [5, 5.41) is 4.00. The molecule has 2 N–H and O–H groups in total. The maximum absolute atomic E-state index is 5.98. The molecule has 0 amide bonds. The zero-order valence-corrected chi connectivity index (χ0v) is 12.0. The number of aromatic nitrogens is 2. The lowest BCUT2D eigenvalue weighted by molar-refractivity contribution is 0.340. The highest BCUT2D eigenvalue weighted by Gasteiger charge is 2.12. The van der Waals surface area contributed by atoms with Crippen LogP contribution in [-0.4, -0.2) is 22.8 Å². The molecule has 0 spiro atoms. The highest BCUT2D eigenvalue weighted by molar-refractivity contribution is 5.56. The molecule has 0 saturated carbocycles. The summed E-state index contributed by atoms with van der Waals surface area (Å²) < 4.78 is 10.7. The Morgan fingerprint density at radius 2 is 2.20 bits per heavy atom. The van der Waals surface area contributed by atoms with Crippen LogP contribution in [0.1, 0.15) is 32.6 Å². The second-order valence-corrected chi connectivity index (χ2v) is 4.73. The highest BCUT2D eigenvalue weighted by Crippen LogP contribution is 2.21. The quantitative estimate of drug-likeness (QED) is 0.841. The molecule has 108 valence electrons. The molecule has 5 nitrogen and oxygen atoms in total. The molecule has 5 heteroatoms. The maximum atomic E-state index is 5.98. The lowest BCUT2D eigenvalue weighted by Gasteiger charge is -2.05. The van der Waals surface area contributed by atoms with E-state index in [9.17, 15) is 0 Å². The minimum absolute atomic E-state index is 0.0723. The van der Waals surface area contributed by atoms with E-state index in [1.54, 1.807) is 0 Å². The largest absolute Gasteiger partial charge is 0.494 e. The van der Waals surface area contributed by atoms with Crippen LogP contribution in [0, 0.1) is 0 Å². The molecule has 20 heavy (non-hydrogen) atoms. The van der Waals surface area contributed by atoms with Crippen LogP contribution in [0.3, 0.4) is 0 Å². The topological polar surface area (TPSA) is 74.2 Å². The Morgan fingerprint density at radius 1 is 1.35 bits per heavy atom. The van der Waals surface area contributed by atoms with E-state index in [1.807, 2.05) is 31.2 Å². The van der Waals surface area contributed by atoms with Gasteiger partial charge in [-0.1, -0.05) is 30.6 Å². The average molecular weight is 275 g/mol. The monoisotopic (exact) mass is 275 g/mol. The van der Waals surface area contributed by atoms with Crippen LogP contribution < -0.4 is 10.5 Å². The third kappa shape index (κ3) is 3.81. The molecule has 1 aromatic heterocycles. The predicted octanol–water partition coefficient (Wildman–Crippen LogP) is 2.81. The van der Waals surface area contributed by atoms with Gasteiger partial charge >= 0.3 is 0 Å². The summed E-state index contributed by atoms with van der Waals surface area (Å²) in [4.78, 5) is 4.39. The third-order valence-electron chi connectivity index (χ3n) is 2.97. The van der Waals surface area contributed by atoms with Crippen LogP contribution in [0.2, 0.25) is 0 Å². The smallest absolute Gasteiger partial charge is 0.228 e. The van der Waals surface area contributed by atoms with Crippen molar-refractivity contribution in [1.29, 1.82) is 0 Å². The van der Waals surface area contributed by atoms with E-state index in [1.165, 1.54) is 0 Å². The van der Waals surface area contributed by atoms with Gasteiger partial charge in [0.25, 0.3) is 0 Å². The van der Waals surface area contributed by atoms with Crippen LogP contribution >= 0.6 is 0 Å². The van der Waals surface area contributed by atoms with Crippen LogP contribution in [0.15, 0.2) is 28.8 Å². The lowest BCUT2D eigenvalue weighted by atomic mass is 10.1. The number of nitrogens with two attached hydrogens (primary N) is 1. The fraction of sp³-hybridized carbons (Fsp3) is 0.467. The van der Waals surface area contributed by atoms with Crippen LogP contribution in [0.5, 0.6) is 5.75 Å². The van der Waals surface area contributed by atoms with Crippen molar-refractivity contribution in [3.05, 3.63) is 30.2 Å². The first-order valence-electron chi connectivity index (χ1n) is 7.04. The molecule has 0 aliphatic carbocycles. The molecule has 0 bridgehead atoms. The van der Waals surface area contributed by atoms with Crippen molar-refractivity contribution in [1.82, 2.24) is 10.1 Å². The number of benzene rings is 1. The minimum atomic E-state index is 0.0723. The van der Waals surface area contributed by atoms with E-state index >= 15 is 0 Å². The Kier molecular flexibility index (Phi) is 5.12. The number of nitrogens with zero attached hydrogens (tertiary/aromatic N) is 2. The van der Waals surface area contributed by atoms with Gasteiger partial charge in [0, 0.05) is 18.0 Å². The lowest BCUT2D eigenvalue weighted by Crippen LogP contribution is -2.22. The fourth-order valence-electron chi connectivity index (χ4n) is 2.04. The first kappa shape index (κ1) is 14.5. The minimum Gasteiger partial charge on any atom is -0.494 e. The molecule has 1 aromatic carbocycles. The van der Waals surface area contributed by atoms with Gasteiger partial charge < -0.3 is 15.0 Å². The van der Waals surface area contributed by atoms with Crippen molar-refractivity contribution >= 4 is 0 Å². The van der Waals surface area contributed by atoms with E-state index in [4.69, 9.17) is 15.0 Å². The fourth-order valence-corrected chi connectivity index (χ4v) is 2.04. The number of hydrogen-bond acceptors (Lipinski definition) is 5. The molecule has 2 rings (SSSR count). The third-order valence-corrected chi connectivity index (χ3v) is 2.97. The molecule has 0 aliphatic rings. The SMILES string of the molecule is CCCC(N)Cc1nc(-c2cccc(OCC)c2)no1. The molecule has 1 heterocycles. The Bertz CT molecular complexity index is 539. The highest BCUT2D eigenvalue weighted by atomic mass is 16.5. The predicted molar refractivity (Wildman–Crippen MR) is 77.5 cm³/mol. The molecular weight excluding hydrogens is 254 g/mol. The Labute approximate surface area is 119 Å². The molecule has 0 radical (unpaired) electrons. The van der Waals surface area contributed by atoms with E-state index in [2.05, 4.69) is 17.1 Å². The van der Waals surface area contributed by atoms with Crippen molar-refractivity contribution in [2.24, 2.45) is 5.73 Å². The average Bonchev–Trinajstić information content (AvgIpc) is 2.88. The van der Waals surface area contributed by atoms with Crippen molar-refractivity contribution in [3.63, 3.8) is 0 Å². The van der Waals surface area contributed by atoms with E-state index in [-0.39, 0.29) is 6.04 Å². The second-order valence-electron chi connectivity index (χ2n) is 4.73. The van der Waals surface area contributed by atoms with Gasteiger partial charge in [-0.3, -0.25) is 0 Å². The summed E-state index contributed by atoms with van der Waals surface area (Å²) in [5.41, 5.74) is 6.86. The molecular formula is C15H21N3O2. The number of hydrogen-bond donors (Lipinski definition) is 1. The Morgan fingerprint density at radius 3 is 2.95 bits per heavy atom. The van der Waals surface area contributed by atoms with Gasteiger partial charge in [-0.2, -0.15) is 4.98 Å². The van der Waals surface area contributed by atoms with Gasteiger partial charge in [-0.25, -0.2) is 0 Å². The van der Waals surface area contributed by atoms with Gasteiger partial charge in [0.15, 0.2) is 0 Å². The van der Waals surface area contributed by atoms with Crippen molar-refractivity contribution in [2.45, 2.75) is 39.2 Å². The van der Waals surface area contributed by atoms with Gasteiger partial charge in [0.2, 0.25) is 11.7 Å². The zero-order chi connectivity index (χ0) is 14.4. The normalized spacial score (nSPS) is 12.3. The summed E-state index contributed by atoms with van der Waals surface area (Å²) in [7, 11) is 0. The van der Waals surface area contributed by atoms with E-state index in [0.29, 0.717) is 24.7 Å². The summed E-state index contributed by atoms with van der Waals surface area (Å²) in [6.07, 6.45) is 2.63. The summed E-state index contributed by atoms with van der Waals surface area (Å²) in [6, 6.07) is 7.74. The van der Waals surface area contributed by atoms with Crippen molar-refractivity contribution < 1.29 is 9.26 Å². The molecule has 1 atom stereocenters. The van der Waals surface area contributed by atoms with Gasteiger partial charge in [0.1, 0.15) is 5.75 Å². The zero-order valence-electron chi connectivity index (χ0n) is 12.0. The van der Waals surface area contributed by atoms with Crippen molar-refractivity contribution in [2.75, 3.05) is 6.61 Å². The summed E-state index contributed by atoms with van der Waals surface area (Å²) in [6.45, 7) is 4.69.